The smallest absolute Gasteiger partial charge is 0.407 e. The summed E-state index contributed by atoms with van der Waals surface area (Å²) in [6, 6.07) is 0. The highest BCUT2D eigenvalue weighted by Gasteiger charge is 2.13. The van der Waals surface area contributed by atoms with E-state index in [0.717, 1.165) is 25.9 Å². The maximum Gasteiger partial charge on any atom is 0.407 e. The van der Waals surface area contributed by atoms with Crippen LogP contribution in [0.15, 0.2) is 0 Å². The Morgan fingerprint density at radius 3 is 1.38 bits per heavy atom. The van der Waals surface area contributed by atoms with E-state index >= 15 is 0 Å². The molecule has 0 unspecified atom stereocenters. The summed E-state index contributed by atoms with van der Waals surface area (Å²) in [5.74, 6) is 0.561. The van der Waals surface area contributed by atoms with Crippen LogP contribution in [0.4, 0.5) is 4.79 Å². The van der Waals surface area contributed by atoms with Gasteiger partial charge in [-0.1, -0.05) is 169 Å². The average molecular weight is 598 g/mol. The van der Waals surface area contributed by atoms with Gasteiger partial charge in [0, 0.05) is 19.8 Å². The summed E-state index contributed by atoms with van der Waals surface area (Å²) in [6.07, 6.45) is 32.6. The van der Waals surface area contributed by atoms with E-state index in [4.69, 9.17) is 14.2 Å². The lowest BCUT2D eigenvalue weighted by Crippen LogP contribution is -2.32. The Bertz CT molecular complexity index is 528. The van der Waals surface area contributed by atoms with Crippen molar-refractivity contribution in [2.24, 2.45) is 5.92 Å². The molecule has 0 saturated heterocycles. The van der Waals surface area contributed by atoms with Crippen LogP contribution in [-0.2, 0) is 14.2 Å². The van der Waals surface area contributed by atoms with Gasteiger partial charge in [-0.2, -0.15) is 0 Å². The van der Waals surface area contributed by atoms with E-state index in [1.165, 1.54) is 141 Å². The summed E-state index contributed by atoms with van der Waals surface area (Å²) in [5, 5.41) is 2.85. The Morgan fingerprint density at radius 2 is 0.952 bits per heavy atom. The molecular formula is C37H75NO4. The number of ether oxygens (including phenoxy) is 3. The zero-order chi connectivity index (χ0) is 30.8. The molecule has 0 spiro atoms. The number of alkyl carbamates (subject to hydrolysis) is 1. The molecule has 0 aromatic carbocycles. The van der Waals surface area contributed by atoms with Gasteiger partial charge in [-0.25, -0.2) is 4.79 Å². The fourth-order valence-corrected chi connectivity index (χ4v) is 5.28. The molecule has 5 heteroatoms. The van der Waals surface area contributed by atoms with Gasteiger partial charge in [0.05, 0.1) is 6.61 Å². The number of unbranched alkanes of at least 4 members (excludes halogenated alkanes) is 22. The van der Waals surface area contributed by atoms with Gasteiger partial charge >= 0.3 is 6.09 Å². The number of hydrogen-bond acceptors (Lipinski definition) is 4. The quantitative estimate of drug-likeness (QED) is 0.0750. The molecule has 0 heterocycles. The first-order valence-corrected chi connectivity index (χ1v) is 18.7. The van der Waals surface area contributed by atoms with E-state index in [1.54, 1.807) is 0 Å². The monoisotopic (exact) mass is 598 g/mol. The predicted molar refractivity (Wildman–Crippen MR) is 182 cm³/mol. The van der Waals surface area contributed by atoms with Crippen LogP contribution in [0.1, 0.15) is 188 Å². The summed E-state index contributed by atoms with van der Waals surface area (Å²) in [5.41, 5.74) is 0. The molecule has 0 aliphatic heterocycles. The first-order chi connectivity index (χ1) is 20.6. The van der Waals surface area contributed by atoms with Gasteiger partial charge in [0.2, 0.25) is 0 Å². The predicted octanol–water partition coefficient (Wildman–Crippen LogP) is 11.6. The first kappa shape index (κ1) is 41.2. The average Bonchev–Trinajstić information content (AvgIpc) is 2.97. The summed E-state index contributed by atoms with van der Waals surface area (Å²) in [7, 11) is 0. The van der Waals surface area contributed by atoms with Crippen LogP contribution in [-0.4, -0.2) is 45.2 Å². The minimum absolute atomic E-state index is 0.189. The van der Waals surface area contributed by atoms with Crippen LogP contribution in [0.25, 0.3) is 0 Å². The Labute approximate surface area is 263 Å². The van der Waals surface area contributed by atoms with Crippen molar-refractivity contribution in [1.82, 2.24) is 5.32 Å². The molecule has 0 fully saturated rings. The number of carbonyl (C=O) groups excluding carboxylic acids is 1. The second kappa shape index (κ2) is 34.7. The Morgan fingerprint density at radius 1 is 0.548 bits per heavy atom. The molecule has 0 radical (unpaired) electrons. The summed E-state index contributed by atoms with van der Waals surface area (Å²) >= 11 is 0. The fourth-order valence-electron chi connectivity index (χ4n) is 5.28. The van der Waals surface area contributed by atoms with Crippen LogP contribution in [0.5, 0.6) is 0 Å². The highest BCUT2D eigenvalue weighted by molar-refractivity contribution is 5.67. The second-order valence-corrected chi connectivity index (χ2v) is 13.1. The van der Waals surface area contributed by atoms with Crippen molar-refractivity contribution < 1.29 is 19.0 Å². The molecule has 42 heavy (non-hydrogen) atoms. The minimum atomic E-state index is -0.351. The van der Waals surface area contributed by atoms with Gasteiger partial charge in [-0.05, 0) is 25.2 Å². The molecule has 0 saturated carbocycles. The molecule has 0 aliphatic rings. The molecule has 0 bridgehead atoms. The van der Waals surface area contributed by atoms with Crippen molar-refractivity contribution >= 4 is 6.09 Å². The number of nitrogens with one attached hydrogen (secondary N) is 1. The molecule has 1 amide bonds. The molecule has 0 rings (SSSR count). The fraction of sp³-hybridized carbons (Fsp3) is 0.973. The summed E-state index contributed by atoms with van der Waals surface area (Å²) in [4.78, 5) is 12.1. The van der Waals surface area contributed by atoms with E-state index in [1.807, 2.05) is 0 Å². The van der Waals surface area contributed by atoms with Gasteiger partial charge < -0.3 is 19.5 Å². The van der Waals surface area contributed by atoms with Crippen LogP contribution in [0.2, 0.25) is 0 Å². The van der Waals surface area contributed by atoms with Crippen molar-refractivity contribution in [3.8, 4) is 0 Å². The summed E-state index contributed by atoms with van der Waals surface area (Å²) < 4.78 is 17.5. The van der Waals surface area contributed by atoms with Crippen molar-refractivity contribution in [2.75, 3.05) is 33.0 Å². The maximum atomic E-state index is 12.1. The van der Waals surface area contributed by atoms with Gasteiger partial charge in [0.25, 0.3) is 0 Å². The number of carbonyl (C=O) groups is 1. The first-order valence-electron chi connectivity index (χ1n) is 18.7. The third-order valence-corrected chi connectivity index (χ3v) is 8.19. The van der Waals surface area contributed by atoms with E-state index in [9.17, 15) is 4.79 Å². The van der Waals surface area contributed by atoms with Crippen LogP contribution in [0.3, 0.4) is 0 Å². The second-order valence-electron chi connectivity index (χ2n) is 13.1. The molecular weight excluding hydrogens is 522 g/mol. The van der Waals surface area contributed by atoms with Gasteiger partial charge in [-0.15, -0.1) is 0 Å². The Hall–Kier alpha value is -0.810. The molecule has 5 nitrogen and oxygen atoms in total. The highest BCUT2D eigenvalue weighted by atomic mass is 16.6. The van der Waals surface area contributed by atoms with Crippen LogP contribution >= 0.6 is 0 Å². The number of rotatable bonds is 34. The lowest BCUT2D eigenvalue weighted by molar-refractivity contribution is -0.0468. The zero-order valence-corrected chi connectivity index (χ0v) is 29.0. The van der Waals surface area contributed by atoms with Gasteiger partial charge in [0.1, 0.15) is 12.7 Å². The van der Waals surface area contributed by atoms with E-state index in [2.05, 4.69) is 33.0 Å². The van der Waals surface area contributed by atoms with Gasteiger partial charge in [-0.3, -0.25) is 0 Å². The van der Waals surface area contributed by atoms with Gasteiger partial charge in [0.15, 0.2) is 0 Å². The summed E-state index contributed by atoms with van der Waals surface area (Å²) in [6.45, 7) is 11.7. The third kappa shape index (κ3) is 33.7. The topological polar surface area (TPSA) is 56.8 Å². The van der Waals surface area contributed by atoms with E-state index in [-0.39, 0.29) is 18.8 Å². The Balaban J connectivity index is 3.93. The third-order valence-electron chi connectivity index (χ3n) is 8.19. The Kier molecular flexibility index (Phi) is 34.0. The van der Waals surface area contributed by atoms with Crippen molar-refractivity contribution in [1.29, 1.82) is 0 Å². The highest BCUT2D eigenvalue weighted by Crippen LogP contribution is 2.13. The van der Waals surface area contributed by atoms with E-state index < -0.39 is 0 Å². The van der Waals surface area contributed by atoms with E-state index in [0.29, 0.717) is 25.7 Å². The minimum Gasteiger partial charge on any atom is -0.447 e. The van der Waals surface area contributed by atoms with Crippen molar-refractivity contribution in [2.45, 2.75) is 194 Å². The molecule has 0 aromatic heterocycles. The molecule has 252 valence electrons. The van der Waals surface area contributed by atoms with Crippen molar-refractivity contribution in [3.05, 3.63) is 0 Å². The molecule has 1 N–H and O–H groups in total. The number of hydrogen-bond donors (Lipinski definition) is 1. The largest absolute Gasteiger partial charge is 0.447 e. The van der Waals surface area contributed by atoms with Crippen LogP contribution < -0.4 is 5.32 Å². The molecule has 0 aliphatic carbocycles. The normalized spacial score (nSPS) is 12.2. The SMILES string of the molecule is CCCCCCCCCCCCCCOC[C@H](COC(=O)NCCC(C)C)OCCCCCCCCCCCCCC. The molecule has 1 atom stereocenters. The van der Waals surface area contributed by atoms with Crippen LogP contribution in [0, 0.1) is 5.92 Å². The lowest BCUT2D eigenvalue weighted by atomic mass is 10.1. The lowest BCUT2D eigenvalue weighted by Gasteiger charge is -2.18. The number of amides is 1. The van der Waals surface area contributed by atoms with Crippen molar-refractivity contribution in [3.63, 3.8) is 0 Å². The standard InChI is InChI=1S/C37H75NO4/c1-5-7-9-11-13-15-17-19-21-23-25-27-31-40-33-36(34-42-37(39)38-30-29-35(3)4)41-32-28-26-24-22-20-18-16-14-12-10-8-6-2/h35-36H,5-34H2,1-4H3,(H,38,39)/t36-/m1/s1. The maximum absolute atomic E-state index is 12.1. The zero-order valence-electron chi connectivity index (χ0n) is 29.0. The molecule has 0 aromatic rings.